The van der Waals surface area contributed by atoms with E-state index in [2.05, 4.69) is 41.8 Å². The Hall–Kier alpha value is -0.990. The molecule has 1 aliphatic carbocycles. The number of anilines is 1. The molecule has 0 spiro atoms. The van der Waals surface area contributed by atoms with Gasteiger partial charge in [-0.25, -0.2) is 4.98 Å². The van der Waals surface area contributed by atoms with Crippen molar-refractivity contribution in [2.75, 3.05) is 11.9 Å². The van der Waals surface area contributed by atoms with Crippen LogP contribution in [0.1, 0.15) is 64.1 Å². The van der Waals surface area contributed by atoms with Crippen molar-refractivity contribution < 1.29 is 0 Å². The standard InChI is InChI=1S/C15H27N3/c1-4-9-16-15-17-12(3)11-18(15)14-8-6-7-13(5-2)10-14/h11,13-14H,4-10H2,1-3H3,(H,16,17). The van der Waals surface area contributed by atoms with Crippen LogP contribution in [0, 0.1) is 12.8 Å². The summed E-state index contributed by atoms with van der Waals surface area (Å²) in [6.45, 7) is 7.62. The highest BCUT2D eigenvalue weighted by Crippen LogP contribution is 2.35. The average Bonchev–Trinajstić information content (AvgIpc) is 2.77. The van der Waals surface area contributed by atoms with Crippen LogP contribution in [0.2, 0.25) is 0 Å². The molecule has 0 radical (unpaired) electrons. The van der Waals surface area contributed by atoms with E-state index < -0.39 is 0 Å². The van der Waals surface area contributed by atoms with Crippen LogP contribution in [0.5, 0.6) is 0 Å². The molecule has 1 aromatic rings. The summed E-state index contributed by atoms with van der Waals surface area (Å²) in [5.74, 6) is 1.99. The van der Waals surface area contributed by atoms with Gasteiger partial charge in [0.2, 0.25) is 5.95 Å². The molecular formula is C15H27N3. The van der Waals surface area contributed by atoms with Gasteiger partial charge in [-0.05, 0) is 32.1 Å². The SMILES string of the molecule is CCCNc1nc(C)cn1C1CCCC(CC)C1. The molecule has 1 N–H and O–H groups in total. The van der Waals surface area contributed by atoms with E-state index in [4.69, 9.17) is 0 Å². The maximum absolute atomic E-state index is 4.63. The Bertz CT molecular complexity index is 370. The number of rotatable bonds is 5. The Labute approximate surface area is 111 Å². The van der Waals surface area contributed by atoms with Crippen molar-refractivity contribution >= 4 is 5.95 Å². The fourth-order valence-corrected chi connectivity index (χ4v) is 3.05. The van der Waals surface area contributed by atoms with Gasteiger partial charge in [-0.1, -0.05) is 33.1 Å². The zero-order valence-corrected chi connectivity index (χ0v) is 12.1. The van der Waals surface area contributed by atoms with Crippen LogP contribution < -0.4 is 5.32 Å². The molecule has 2 rings (SSSR count). The predicted octanol–water partition coefficient (Wildman–Crippen LogP) is 4.15. The minimum absolute atomic E-state index is 0.657. The molecule has 0 bridgehead atoms. The fourth-order valence-electron chi connectivity index (χ4n) is 3.05. The molecule has 1 fully saturated rings. The molecule has 1 aromatic heterocycles. The summed E-state index contributed by atoms with van der Waals surface area (Å²) in [7, 11) is 0. The summed E-state index contributed by atoms with van der Waals surface area (Å²) in [5.41, 5.74) is 1.13. The van der Waals surface area contributed by atoms with Gasteiger partial charge < -0.3 is 9.88 Å². The predicted molar refractivity (Wildman–Crippen MR) is 77.0 cm³/mol. The largest absolute Gasteiger partial charge is 0.356 e. The highest BCUT2D eigenvalue weighted by Gasteiger charge is 2.23. The van der Waals surface area contributed by atoms with E-state index >= 15 is 0 Å². The molecular weight excluding hydrogens is 222 g/mol. The van der Waals surface area contributed by atoms with Crippen molar-refractivity contribution in [3.63, 3.8) is 0 Å². The normalized spacial score (nSPS) is 24.2. The van der Waals surface area contributed by atoms with Crippen molar-refractivity contribution in [1.82, 2.24) is 9.55 Å². The van der Waals surface area contributed by atoms with Gasteiger partial charge in [-0.3, -0.25) is 0 Å². The van der Waals surface area contributed by atoms with Crippen LogP contribution in [0.4, 0.5) is 5.95 Å². The summed E-state index contributed by atoms with van der Waals surface area (Å²) in [6.07, 6.45) is 10.1. The summed E-state index contributed by atoms with van der Waals surface area (Å²) < 4.78 is 2.40. The number of nitrogens with one attached hydrogen (secondary N) is 1. The minimum Gasteiger partial charge on any atom is -0.356 e. The Morgan fingerprint density at radius 3 is 2.94 bits per heavy atom. The monoisotopic (exact) mass is 249 g/mol. The van der Waals surface area contributed by atoms with Crippen LogP contribution in [0.25, 0.3) is 0 Å². The van der Waals surface area contributed by atoms with Gasteiger partial charge in [0, 0.05) is 18.8 Å². The van der Waals surface area contributed by atoms with Crippen LogP contribution >= 0.6 is 0 Å². The Kier molecular flexibility index (Phi) is 4.67. The van der Waals surface area contributed by atoms with Gasteiger partial charge in [-0.2, -0.15) is 0 Å². The van der Waals surface area contributed by atoms with E-state index in [0.29, 0.717) is 6.04 Å². The first kappa shape index (κ1) is 13.4. The number of imidazole rings is 1. The van der Waals surface area contributed by atoms with Gasteiger partial charge in [0.25, 0.3) is 0 Å². The molecule has 3 nitrogen and oxygen atoms in total. The summed E-state index contributed by atoms with van der Waals surface area (Å²) in [5, 5.41) is 3.47. The summed E-state index contributed by atoms with van der Waals surface area (Å²) in [6, 6.07) is 0.657. The fraction of sp³-hybridized carbons (Fsp3) is 0.800. The van der Waals surface area contributed by atoms with Crippen LogP contribution in [-0.4, -0.2) is 16.1 Å². The molecule has 0 saturated heterocycles. The molecule has 1 aliphatic rings. The molecule has 0 aliphatic heterocycles. The zero-order valence-electron chi connectivity index (χ0n) is 12.1. The van der Waals surface area contributed by atoms with Gasteiger partial charge in [0.05, 0.1) is 5.69 Å². The highest BCUT2D eigenvalue weighted by molar-refractivity contribution is 5.29. The summed E-state index contributed by atoms with van der Waals surface area (Å²) >= 11 is 0. The molecule has 18 heavy (non-hydrogen) atoms. The van der Waals surface area contributed by atoms with Gasteiger partial charge >= 0.3 is 0 Å². The zero-order chi connectivity index (χ0) is 13.0. The third kappa shape index (κ3) is 3.06. The Balaban J connectivity index is 2.10. The molecule has 1 saturated carbocycles. The van der Waals surface area contributed by atoms with Crippen molar-refractivity contribution in [2.45, 2.75) is 65.3 Å². The number of nitrogens with zero attached hydrogens (tertiary/aromatic N) is 2. The number of hydrogen-bond acceptors (Lipinski definition) is 2. The van der Waals surface area contributed by atoms with Crippen molar-refractivity contribution in [3.8, 4) is 0 Å². The van der Waals surface area contributed by atoms with Gasteiger partial charge in [-0.15, -0.1) is 0 Å². The van der Waals surface area contributed by atoms with Crippen LogP contribution in [-0.2, 0) is 0 Å². The van der Waals surface area contributed by atoms with Gasteiger partial charge in [0.15, 0.2) is 0 Å². The van der Waals surface area contributed by atoms with Crippen molar-refractivity contribution in [3.05, 3.63) is 11.9 Å². The van der Waals surface area contributed by atoms with E-state index in [1.165, 1.54) is 32.1 Å². The molecule has 1 heterocycles. The molecule has 0 aromatic carbocycles. The Morgan fingerprint density at radius 1 is 1.39 bits per heavy atom. The van der Waals surface area contributed by atoms with E-state index in [9.17, 15) is 0 Å². The van der Waals surface area contributed by atoms with E-state index in [0.717, 1.165) is 30.5 Å². The maximum atomic E-state index is 4.63. The first-order valence-electron chi connectivity index (χ1n) is 7.53. The van der Waals surface area contributed by atoms with E-state index in [1.807, 2.05) is 0 Å². The van der Waals surface area contributed by atoms with E-state index in [-0.39, 0.29) is 0 Å². The number of aromatic nitrogens is 2. The second kappa shape index (κ2) is 6.26. The number of hydrogen-bond donors (Lipinski definition) is 1. The van der Waals surface area contributed by atoms with Crippen molar-refractivity contribution in [1.29, 1.82) is 0 Å². The van der Waals surface area contributed by atoms with Gasteiger partial charge in [0.1, 0.15) is 0 Å². The third-order valence-electron chi connectivity index (χ3n) is 4.11. The lowest BCUT2D eigenvalue weighted by Gasteiger charge is -2.30. The van der Waals surface area contributed by atoms with Crippen LogP contribution in [0.3, 0.4) is 0 Å². The Morgan fingerprint density at radius 2 is 2.22 bits per heavy atom. The lowest BCUT2D eigenvalue weighted by atomic mass is 9.84. The maximum Gasteiger partial charge on any atom is 0.203 e. The minimum atomic E-state index is 0.657. The summed E-state index contributed by atoms with van der Waals surface area (Å²) in [4.78, 5) is 4.63. The van der Waals surface area contributed by atoms with Crippen LogP contribution in [0.15, 0.2) is 6.20 Å². The molecule has 102 valence electrons. The van der Waals surface area contributed by atoms with Crippen molar-refractivity contribution in [2.24, 2.45) is 5.92 Å². The quantitative estimate of drug-likeness (QED) is 0.849. The molecule has 3 heteroatoms. The highest BCUT2D eigenvalue weighted by atomic mass is 15.2. The smallest absolute Gasteiger partial charge is 0.203 e. The van der Waals surface area contributed by atoms with E-state index in [1.54, 1.807) is 0 Å². The molecule has 0 amide bonds. The first-order chi connectivity index (χ1) is 8.74. The topological polar surface area (TPSA) is 29.9 Å². The molecule has 2 unspecified atom stereocenters. The lowest BCUT2D eigenvalue weighted by molar-refractivity contribution is 0.263. The average molecular weight is 249 g/mol. The second-order valence-corrected chi connectivity index (χ2v) is 5.63. The number of aryl methyl sites for hydroxylation is 1. The third-order valence-corrected chi connectivity index (χ3v) is 4.11. The molecule has 2 atom stereocenters. The lowest BCUT2D eigenvalue weighted by Crippen LogP contribution is -2.20. The first-order valence-corrected chi connectivity index (χ1v) is 7.53. The second-order valence-electron chi connectivity index (χ2n) is 5.63.